The number of β-lactam (4-membered cyclic amide) rings is 1. The van der Waals surface area contributed by atoms with Crippen LogP contribution >= 0.6 is 23.5 Å². The van der Waals surface area contributed by atoms with Crippen molar-refractivity contribution < 1.29 is 24.9 Å². The van der Waals surface area contributed by atoms with Gasteiger partial charge in [-0.15, -0.1) is 22.0 Å². The molecule has 2 aliphatic heterocycles. The fraction of sp³-hybridized carbons (Fsp3) is 0.462. The first-order chi connectivity index (χ1) is 11.7. The first kappa shape index (κ1) is 21.3. The topological polar surface area (TPSA) is 146 Å². The molecule has 3 atom stereocenters. The molecule has 2 aliphatic rings. The van der Waals surface area contributed by atoms with E-state index < -0.39 is 40.7 Å². The average Bonchev–Trinajstić information content (AvgIpc) is 2.86. The van der Waals surface area contributed by atoms with Crippen LogP contribution in [0, 0.1) is 5.92 Å². The summed E-state index contributed by atoms with van der Waals surface area (Å²) in [7, 11) is 1.41. The molecule has 0 spiro atoms. The fourth-order valence-corrected chi connectivity index (χ4v) is 5.26. The van der Waals surface area contributed by atoms with Crippen molar-refractivity contribution in [3.8, 4) is 5.88 Å². The molecule has 13 heteroatoms. The minimum atomic E-state index is -1.23. The van der Waals surface area contributed by atoms with Crippen molar-refractivity contribution in [3.63, 3.8) is 0 Å². The average molecular weight is 410 g/mol. The van der Waals surface area contributed by atoms with Gasteiger partial charge in [0.15, 0.2) is 5.16 Å². The SMILES string of the molecule is CC(O)[C@H]1C(=O)N2C(C(=O)O)=C(CSc3nnc(O)c(=O)n3C)S[C@H]12.[NaH]. The van der Waals surface area contributed by atoms with Gasteiger partial charge in [-0.2, -0.15) is 0 Å². The second kappa shape index (κ2) is 7.90. The molecular weight excluding hydrogens is 395 g/mol. The Bertz CT molecular complexity index is 858. The van der Waals surface area contributed by atoms with Gasteiger partial charge in [0.05, 0.1) is 12.0 Å². The molecule has 0 aliphatic carbocycles. The predicted octanol–water partition coefficient (Wildman–Crippen LogP) is -1.47. The summed E-state index contributed by atoms with van der Waals surface area (Å²) in [4.78, 5) is 36.9. The van der Waals surface area contributed by atoms with Crippen LogP contribution < -0.4 is 5.56 Å². The summed E-state index contributed by atoms with van der Waals surface area (Å²) in [6, 6.07) is 0. The molecular formula is C13H15N4NaO6S2. The van der Waals surface area contributed by atoms with Crippen molar-refractivity contribution >= 4 is 65.0 Å². The number of aliphatic carboxylic acids is 1. The van der Waals surface area contributed by atoms with E-state index in [2.05, 4.69) is 10.2 Å². The summed E-state index contributed by atoms with van der Waals surface area (Å²) in [6.45, 7) is 1.50. The number of aromatic hydroxyl groups is 1. The van der Waals surface area contributed by atoms with Crippen molar-refractivity contribution in [3.05, 3.63) is 21.0 Å². The van der Waals surface area contributed by atoms with Crippen LogP contribution in [0.2, 0.25) is 0 Å². The van der Waals surface area contributed by atoms with E-state index in [1.165, 1.54) is 30.6 Å². The number of nitrogens with zero attached hydrogens (tertiary/aromatic N) is 4. The van der Waals surface area contributed by atoms with Crippen molar-refractivity contribution in [1.82, 2.24) is 19.7 Å². The van der Waals surface area contributed by atoms with Gasteiger partial charge in [0.25, 0.3) is 5.88 Å². The van der Waals surface area contributed by atoms with Gasteiger partial charge in [0, 0.05) is 17.7 Å². The zero-order valence-corrected chi connectivity index (χ0v) is 14.7. The Hall–Kier alpha value is -1.05. The Morgan fingerprint density at radius 1 is 1.38 bits per heavy atom. The van der Waals surface area contributed by atoms with Gasteiger partial charge in [0.1, 0.15) is 11.1 Å². The number of thioether (sulfide) groups is 2. The Labute approximate surface area is 178 Å². The third-order valence-corrected chi connectivity index (χ3v) is 6.52. The number of aromatic nitrogens is 3. The number of carbonyl (C=O) groups excluding carboxylic acids is 1. The van der Waals surface area contributed by atoms with Crippen LogP contribution in [-0.2, 0) is 16.6 Å². The number of carboxylic acid groups (broad SMARTS) is 1. The number of aliphatic hydroxyl groups excluding tert-OH is 1. The molecule has 3 N–H and O–H groups in total. The van der Waals surface area contributed by atoms with E-state index in [4.69, 9.17) is 0 Å². The number of aliphatic hydroxyl groups is 1. The quantitative estimate of drug-likeness (QED) is 0.299. The molecule has 136 valence electrons. The minimum absolute atomic E-state index is 0. The number of amides is 1. The molecule has 0 saturated carbocycles. The number of carboxylic acids is 1. The number of carbonyl (C=O) groups is 2. The molecule has 0 bridgehead atoms. The van der Waals surface area contributed by atoms with Gasteiger partial charge in [-0.3, -0.25) is 19.1 Å². The number of rotatable bonds is 5. The van der Waals surface area contributed by atoms with Crippen LogP contribution in [-0.4, -0.2) is 93.6 Å². The van der Waals surface area contributed by atoms with E-state index in [1.807, 2.05) is 0 Å². The molecule has 1 aromatic rings. The van der Waals surface area contributed by atoms with Gasteiger partial charge in [0.2, 0.25) is 5.91 Å². The molecule has 0 radical (unpaired) electrons. The standard InChI is InChI=1S/C13H14N4O6S2.Na.H/c1-4(18)6-9(20)17-7(12(22)23)5(25-11(6)17)3-24-13-15-14-8(19)10(21)16(13)2;;/h4,6,11,18H,3H2,1-2H3,(H,14,19)(H,22,23);;/t4?,6-,11+;;/m0../s1. The molecule has 3 heterocycles. The van der Waals surface area contributed by atoms with Crippen LogP contribution in [0.1, 0.15) is 6.92 Å². The summed E-state index contributed by atoms with van der Waals surface area (Å²) in [5, 5.41) is 35.2. The van der Waals surface area contributed by atoms with Crippen LogP contribution in [0.4, 0.5) is 0 Å². The maximum absolute atomic E-state index is 12.1. The molecule has 1 saturated heterocycles. The van der Waals surface area contributed by atoms with Crippen LogP contribution in [0.3, 0.4) is 0 Å². The third kappa shape index (κ3) is 3.41. The van der Waals surface area contributed by atoms with Crippen molar-refractivity contribution in [1.29, 1.82) is 0 Å². The summed E-state index contributed by atoms with van der Waals surface area (Å²) in [5.74, 6) is -2.84. The summed E-state index contributed by atoms with van der Waals surface area (Å²) in [5.41, 5.74) is -0.821. The molecule has 1 unspecified atom stereocenters. The van der Waals surface area contributed by atoms with E-state index in [9.17, 15) is 29.7 Å². The Balaban J connectivity index is 0.00000243. The Morgan fingerprint density at radius 3 is 2.62 bits per heavy atom. The van der Waals surface area contributed by atoms with Crippen LogP contribution in [0.5, 0.6) is 5.88 Å². The zero-order valence-electron chi connectivity index (χ0n) is 13.1. The van der Waals surface area contributed by atoms with Gasteiger partial charge < -0.3 is 15.3 Å². The number of hydrogen-bond acceptors (Lipinski definition) is 9. The van der Waals surface area contributed by atoms with Gasteiger partial charge in [-0.25, -0.2) is 4.79 Å². The van der Waals surface area contributed by atoms with Crippen molar-refractivity contribution in [2.45, 2.75) is 23.6 Å². The number of hydrogen-bond donors (Lipinski definition) is 3. The van der Waals surface area contributed by atoms with E-state index >= 15 is 0 Å². The van der Waals surface area contributed by atoms with E-state index in [0.717, 1.165) is 16.3 Å². The monoisotopic (exact) mass is 410 g/mol. The van der Waals surface area contributed by atoms with Crippen molar-refractivity contribution in [2.75, 3.05) is 5.75 Å². The van der Waals surface area contributed by atoms with Crippen LogP contribution in [0.15, 0.2) is 20.6 Å². The summed E-state index contributed by atoms with van der Waals surface area (Å²) >= 11 is 2.27. The van der Waals surface area contributed by atoms with E-state index in [-0.39, 0.29) is 46.2 Å². The zero-order chi connectivity index (χ0) is 18.5. The molecule has 1 aromatic heterocycles. The fourth-order valence-electron chi connectivity index (χ4n) is 2.65. The molecule has 26 heavy (non-hydrogen) atoms. The summed E-state index contributed by atoms with van der Waals surface area (Å²) < 4.78 is 1.10. The molecule has 10 nitrogen and oxygen atoms in total. The first-order valence-corrected chi connectivity index (χ1v) is 9.00. The molecule has 0 aromatic carbocycles. The first-order valence-electron chi connectivity index (χ1n) is 7.13. The molecule has 1 fully saturated rings. The third-order valence-electron chi connectivity index (χ3n) is 3.92. The normalized spacial score (nSPS) is 22.6. The van der Waals surface area contributed by atoms with E-state index in [1.54, 1.807) is 0 Å². The van der Waals surface area contributed by atoms with Gasteiger partial charge in [-0.1, -0.05) is 11.8 Å². The second-order valence-corrected chi connectivity index (χ2v) is 7.67. The predicted molar refractivity (Wildman–Crippen MR) is 94.9 cm³/mol. The Kier molecular flexibility index (Phi) is 6.46. The maximum atomic E-state index is 12.1. The number of fused-ring (bicyclic) bond motifs is 1. The van der Waals surface area contributed by atoms with Gasteiger partial charge in [-0.05, 0) is 6.92 Å². The molecule has 3 rings (SSSR count). The van der Waals surface area contributed by atoms with Gasteiger partial charge >= 0.3 is 41.1 Å². The van der Waals surface area contributed by atoms with E-state index in [0.29, 0.717) is 4.91 Å². The van der Waals surface area contributed by atoms with Crippen LogP contribution in [0.25, 0.3) is 0 Å². The second-order valence-electron chi connectivity index (χ2n) is 5.52. The van der Waals surface area contributed by atoms with Crippen molar-refractivity contribution in [2.24, 2.45) is 13.0 Å². The Morgan fingerprint density at radius 2 is 2.04 bits per heavy atom. The molecule has 1 amide bonds. The summed E-state index contributed by atoms with van der Waals surface area (Å²) in [6.07, 6.45) is -0.868.